The minimum atomic E-state index is -0.0632. The van der Waals surface area contributed by atoms with Crippen molar-refractivity contribution in [1.82, 2.24) is 14.9 Å². The molecule has 190 valence electrons. The Bertz CT molecular complexity index is 1250. The van der Waals surface area contributed by atoms with E-state index >= 15 is 0 Å². The van der Waals surface area contributed by atoms with Crippen LogP contribution in [-0.2, 0) is 6.54 Å². The average Bonchev–Trinajstić information content (AvgIpc) is 3.33. The summed E-state index contributed by atoms with van der Waals surface area (Å²) in [7, 11) is 0. The predicted octanol–water partition coefficient (Wildman–Crippen LogP) is 6.83. The summed E-state index contributed by atoms with van der Waals surface area (Å²) in [4.78, 5) is 9.37. The monoisotopic (exact) mass is 521 g/mol. The quantitative estimate of drug-likeness (QED) is 0.372. The van der Waals surface area contributed by atoms with Crippen LogP contribution in [0, 0.1) is 25.7 Å². The van der Waals surface area contributed by atoms with E-state index < -0.39 is 0 Å². The molecular formula is C29H36ClN5S. The molecule has 36 heavy (non-hydrogen) atoms. The van der Waals surface area contributed by atoms with Crippen molar-refractivity contribution in [3.05, 3.63) is 76.3 Å². The first-order valence-electron chi connectivity index (χ1n) is 13.0. The number of halogens is 1. The van der Waals surface area contributed by atoms with Gasteiger partial charge in [0, 0.05) is 42.9 Å². The van der Waals surface area contributed by atoms with Crippen LogP contribution in [-0.4, -0.2) is 27.8 Å². The van der Waals surface area contributed by atoms with Crippen LogP contribution in [0.4, 0.5) is 11.4 Å². The van der Waals surface area contributed by atoms with E-state index in [0.29, 0.717) is 16.9 Å². The predicted molar refractivity (Wildman–Crippen MR) is 154 cm³/mol. The Morgan fingerprint density at radius 3 is 2.44 bits per heavy atom. The second-order valence-electron chi connectivity index (χ2n) is 10.6. The summed E-state index contributed by atoms with van der Waals surface area (Å²) < 4.78 is 2.36. The van der Waals surface area contributed by atoms with Gasteiger partial charge in [-0.3, -0.25) is 4.98 Å². The number of aryl methyl sites for hydroxylation is 1. The highest BCUT2D eigenvalue weighted by Gasteiger charge is 2.42. The van der Waals surface area contributed by atoms with Crippen molar-refractivity contribution in [2.24, 2.45) is 11.8 Å². The minimum Gasteiger partial charge on any atom is -0.370 e. The summed E-state index contributed by atoms with van der Waals surface area (Å²) in [6, 6.07) is 14.7. The SMILES string of the molecule is CCn1c(C)cc([C@@H]2[C@H](c3ccccn3)NC(=S)N2c2ccc(N3C[C@H](C)C[C@@H](C)C3)c(Cl)c2)c1C. The van der Waals surface area contributed by atoms with Crippen molar-refractivity contribution in [2.45, 2.75) is 59.7 Å². The van der Waals surface area contributed by atoms with E-state index in [1.165, 1.54) is 23.4 Å². The Balaban J connectivity index is 1.57. The van der Waals surface area contributed by atoms with E-state index in [1.807, 2.05) is 18.3 Å². The average molecular weight is 522 g/mol. The highest BCUT2D eigenvalue weighted by Crippen LogP contribution is 2.45. The first-order chi connectivity index (χ1) is 17.3. The molecule has 5 nitrogen and oxygen atoms in total. The lowest BCUT2D eigenvalue weighted by atomic mass is 9.91. The van der Waals surface area contributed by atoms with Gasteiger partial charge in [0.2, 0.25) is 0 Å². The maximum absolute atomic E-state index is 6.97. The highest BCUT2D eigenvalue weighted by molar-refractivity contribution is 7.80. The smallest absolute Gasteiger partial charge is 0.174 e. The molecule has 2 fully saturated rings. The molecule has 0 spiro atoms. The molecule has 1 aromatic carbocycles. The van der Waals surface area contributed by atoms with Crippen LogP contribution in [0.3, 0.4) is 0 Å². The summed E-state index contributed by atoms with van der Waals surface area (Å²) in [5, 5.41) is 5.05. The van der Waals surface area contributed by atoms with Crippen LogP contribution in [0.25, 0.3) is 0 Å². The summed E-state index contributed by atoms with van der Waals surface area (Å²) in [5.41, 5.74) is 6.87. The lowest BCUT2D eigenvalue weighted by Gasteiger charge is -2.37. The Labute approximate surface area is 225 Å². The van der Waals surface area contributed by atoms with Gasteiger partial charge >= 0.3 is 0 Å². The molecule has 2 aliphatic heterocycles. The molecule has 2 saturated heterocycles. The Morgan fingerprint density at radius 1 is 1.08 bits per heavy atom. The van der Waals surface area contributed by atoms with E-state index in [2.05, 4.69) is 84.6 Å². The Morgan fingerprint density at radius 2 is 1.83 bits per heavy atom. The van der Waals surface area contributed by atoms with Crippen molar-refractivity contribution >= 4 is 40.3 Å². The van der Waals surface area contributed by atoms with Gasteiger partial charge in [-0.1, -0.05) is 31.5 Å². The zero-order chi connectivity index (χ0) is 25.6. The molecule has 3 aromatic rings. The topological polar surface area (TPSA) is 36.3 Å². The fourth-order valence-corrected chi connectivity index (χ4v) is 6.96. The molecule has 4 heterocycles. The van der Waals surface area contributed by atoms with Crippen LogP contribution in [0.1, 0.15) is 61.9 Å². The van der Waals surface area contributed by atoms with Gasteiger partial charge in [-0.2, -0.15) is 0 Å². The Hall–Kier alpha value is -2.57. The summed E-state index contributed by atoms with van der Waals surface area (Å²) in [6.45, 7) is 14.2. The summed E-state index contributed by atoms with van der Waals surface area (Å²) in [5.74, 6) is 1.33. The van der Waals surface area contributed by atoms with Crippen molar-refractivity contribution < 1.29 is 0 Å². The number of benzene rings is 1. The number of thiocarbonyl (C=S) groups is 1. The van der Waals surface area contributed by atoms with E-state index in [-0.39, 0.29) is 12.1 Å². The van der Waals surface area contributed by atoms with Gasteiger partial charge in [0.1, 0.15) is 0 Å². The maximum atomic E-state index is 6.97. The fourth-order valence-electron chi connectivity index (χ4n) is 6.32. The van der Waals surface area contributed by atoms with Gasteiger partial charge in [0.05, 0.1) is 28.5 Å². The molecular weight excluding hydrogens is 486 g/mol. The normalized spacial score (nSPS) is 24.3. The second-order valence-corrected chi connectivity index (χ2v) is 11.3. The van der Waals surface area contributed by atoms with Crippen molar-refractivity contribution in [2.75, 3.05) is 22.9 Å². The number of pyridine rings is 1. The zero-order valence-electron chi connectivity index (χ0n) is 21.8. The molecule has 0 unspecified atom stereocenters. The van der Waals surface area contributed by atoms with Crippen molar-refractivity contribution in [3.8, 4) is 0 Å². The molecule has 0 aliphatic carbocycles. The fraction of sp³-hybridized carbons (Fsp3) is 0.448. The summed E-state index contributed by atoms with van der Waals surface area (Å²) >= 11 is 12.9. The first kappa shape index (κ1) is 25.1. The summed E-state index contributed by atoms with van der Waals surface area (Å²) in [6.07, 6.45) is 3.12. The van der Waals surface area contributed by atoms with Gasteiger partial charge in [0.15, 0.2) is 5.11 Å². The van der Waals surface area contributed by atoms with Crippen LogP contribution in [0.5, 0.6) is 0 Å². The molecule has 2 aromatic heterocycles. The third-order valence-electron chi connectivity index (χ3n) is 7.76. The Kier molecular flexibility index (Phi) is 7.01. The first-order valence-corrected chi connectivity index (χ1v) is 13.8. The highest BCUT2D eigenvalue weighted by atomic mass is 35.5. The largest absolute Gasteiger partial charge is 0.370 e. The third kappa shape index (κ3) is 4.50. The number of anilines is 2. The van der Waals surface area contributed by atoms with E-state index in [0.717, 1.165) is 41.7 Å². The molecule has 0 bridgehead atoms. The molecule has 0 saturated carbocycles. The van der Waals surface area contributed by atoms with Crippen molar-refractivity contribution in [1.29, 1.82) is 0 Å². The number of hydrogen-bond acceptors (Lipinski definition) is 3. The standard InChI is InChI=1S/C29H36ClN5S/c1-6-34-20(4)14-23(21(34)5)28-27(25-9-7-8-12-31-25)32-29(36)35(28)22-10-11-26(24(30)15-22)33-16-18(2)13-19(3)17-33/h7-12,14-15,18-19,27-28H,6,13,16-17H2,1-5H3,(H,32,36)/t18-,19-,27+,28-/m1/s1. The molecule has 4 atom stereocenters. The van der Waals surface area contributed by atoms with E-state index in [9.17, 15) is 0 Å². The third-order valence-corrected chi connectivity index (χ3v) is 8.38. The van der Waals surface area contributed by atoms with Gasteiger partial charge < -0.3 is 19.7 Å². The van der Waals surface area contributed by atoms with Crippen LogP contribution in [0.2, 0.25) is 5.02 Å². The lowest BCUT2D eigenvalue weighted by Crippen LogP contribution is -2.38. The zero-order valence-corrected chi connectivity index (χ0v) is 23.4. The van der Waals surface area contributed by atoms with E-state index in [4.69, 9.17) is 28.8 Å². The number of aromatic nitrogens is 2. The van der Waals surface area contributed by atoms with Gasteiger partial charge in [-0.25, -0.2) is 0 Å². The lowest BCUT2D eigenvalue weighted by molar-refractivity contribution is 0.357. The van der Waals surface area contributed by atoms with E-state index in [1.54, 1.807) is 0 Å². The molecule has 5 rings (SSSR count). The van der Waals surface area contributed by atoms with Crippen LogP contribution in [0.15, 0.2) is 48.7 Å². The van der Waals surface area contributed by atoms with Gasteiger partial charge in [-0.05, 0) is 93.2 Å². The molecule has 7 heteroatoms. The number of nitrogens with zero attached hydrogens (tertiary/aromatic N) is 4. The van der Waals surface area contributed by atoms with Gasteiger partial charge in [0.25, 0.3) is 0 Å². The number of hydrogen-bond donors (Lipinski definition) is 1. The van der Waals surface area contributed by atoms with Gasteiger partial charge in [-0.15, -0.1) is 0 Å². The van der Waals surface area contributed by atoms with Crippen molar-refractivity contribution in [3.63, 3.8) is 0 Å². The van der Waals surface area contributed by atoms with Crippen LogP contribution >= 0.6 is 23.8 Å². The number of piperidine rings is 1. The molecule has 0 amide bonds. The molecule has 1 N–H and O–H groups in total. The maximum Gasteiger partial charge on any atom is 0.174 e. The molecule has 2 aliphatic rings. The van der Waals surface area contributed by atoms with Crippen LogP contribution < -0.4 is 15.1 Å². The number of rotatable bonds is 5. The minimum absolute atomic E-state index is 0.0316. The second kappa shape index (κ2) is 10.1. The number of nitrogens with one attached hydrogen (secondary N) is 1. The molecule has 0 radical (unpaired) electrons.